The quantitative estimate of drug-likeness (QED) is 0.336. The highest BCUT2D eigenvalue weighted by Gasteiger charge is 2.01. The van der Waals surface area contributed by atoms with Gasteiger partial charge in [-0.25, -0.2) is 9.13 Å². The summed E-state index contributed by atoms with van der Waals surface area (Å²) in [5, 5.41) is 0. The predicted octanol–water partition coefficient (Wildman–Crippen LogP) is 3.39. The van der Waals surface area contributed by atoms with Gasteiger partial charge in [-0.1, -0.05) is 32.1 Å². The standard InChI is InChI=1S/C17H31N2O2/c1-3-21-17(20)12-10-8-6-4-5-7-9-11-13-19-15-14-18(2)16-19/h14-16H,3-13H2,1-2H3/q+1. The van der Waals surface area contributed by atoms with Gasteiger partial charge in [-0.15, -0.1) is 0 Å². The van der Waals surface area contributed by atoms with Crippen molar-refractivity contribution < 1.29 is 14.1 Å². The highest BCUT2D eigenvalue weighted by atomic mass is 16.5. The van der Waals surface area contributed by atoms with Crippen molar-refractivity contribution in [1.29, 1.82) is 0 Å². The van der Waals surface area contributed by atoms with Crippen molar-refractivity contribution in [3.8, 4) is 0 Å². The number of unbranched alkanes of at least 4 members (excludes halogenated alkanes) is 7. The first-order valence-corrected chi connectivity index (χ1v) is 8.39. The minimum atomic E-state index is -0.0455. The summed E-state index contributed by atoms with van der Waals surface area (Å²) < 4.78 is 9.23. The van der Waals surface area contributed by atoms with Crippen molar-refractivity contribution in [1.82, 2.24) is 4.57 Å². The molecule has 1 aromatic rings. The van der Waals surface area contributed by atoms with Crippen LogP contribution in [0, 0.1) is 0 Å². The molecule has 1 rings (SSSR count). The maximum absolute atomic E-state index is 11.1. The van der Waals surface area contributed by atoms with Crippen LogP contribution in [0.2, 0.25) is 0 Å². The first-order chi connectivity index (χ1) is 10.2. The highest BCUT2D eigenvalue weighted by Crippen LogP contribution is 2.10. The Hall–Kier alpha value is -1.32. The van der Waals surface area contributed by atoms with Crippen molar-refractivity contribution >= 4 is 5.97 Å². The molecule has 0 unspecified atom stereocenters. The molecule has 0 bridgehead atoms. The largest absolute Gasteiger partial charge is 0.466 e. The van der Waals surface area contributed by atoms with E-state index in [-0.39, 0.29) is 5.97 Å². The van der Waals surface area contributed by atoms with Gasteiger partial charge in [-0.2, -0.15) is 0 Å². The van der Waals surface area contributed by atoms with Gasteiger partial charge in [0.05, 0.1) is 20.2 Å². The van der Waals surface area contributed by atoms with Crippen LogP contribution in [0.3, 0.4) is 0 Å². The zero-order valence-corrected chi connectivity index (χ0v) is 13.7. The number of carbonyl (C=O) groups is 1. The molecule has 120 valence electrons. The van der Waals surface area contributed by atoms with Crippen molar-refractivity contribution in [3.05, 3.63) is 18.7 Å². The molecule has 0 saturated carbocycles. The van der Waals surface area contributed by atoms with Crippen LogP contribution in [-0.2, 0) is 23.1 Å². The van der Waals surface area contributed by atoms with Gasteiger partial charge in [0, 0.05) is 6.42 Å². The van der Waals surface area contributed by atoms with Crippen LogP contribution in [0.4, 0.5) is 0 Å². The van der Waals surface area contributed by atoms with E-state index in [0.717, 1.165) is 19.4 Å². The summed E-state index contributed by atoms with van der Waals surface area (Å²) in [5.74, 6) is -0.0455. The summed E-state index contributed by atoms with van der Waals surface area (Å²) >= 11 is 0. The van der Waals surface area contributed by atoms with E-state index in [0.29, 0.717) is 13.0 Å². The Morgan fingerprint density at radius 3 is 2.24 bits per heavy atom. The average Bonchev–Trinajstić information content (AvgIpc) is 2.87. The zero-order valence-electron chi connectivity index (χ0n) is 13.7. The molecule has 0 N–H and O–H groups in total. The maximum atomic E-state index is 11.1. The first kappa shape index (κ1) is 17.7. The van der Waals surface area contributed by atoms with Crippen LogP contribution in [0.25, 0.3) is 0 Å². The Morgan fingerprint density at radius 1 is 1.05 bits per heavy atom. The minimum Gasteiger partial charge on any atom is -0.466 e. The number of aromatic nitrogens is 2. The second kappa shape index (κ2) is 11.4. The number of hydrogen-bond donors (Lipinski definition) is 0. The number of imidazole rings is 1. The molecule has 0 aliphatic rings. The third-order valence-corrected chi connectivity index (χ3v) is 3.68. The zero-order chi connectivity index (χ0) is 15.3. The first-order valence-electron chi connectivity index (χ1n) is 8.39. The Bertz CT molecular complexity index is 388. The molecule has 1 heterocycles. The second-order valence-corrected chi connectivity index (χ2v) is 5.70. The number of rotatable bonds is 12. The fourth-order valence-corrected chi connectivity index (χ4v) is 2.49. The van der Waals surface area contributed by atoms with Crippen LogP contribution >= 0.6 is 0 Å². The number of hydrogen-bond acceptors (Lipinski definition) is 2. The van der Waals surface area contributed by atoms with Crippen molar-refractivity contribution in [3.63, 3.8) is 0 Å². The average molecular weight is 295 g/mol. The Labute approximate surface area is 129 Å². The minimum absolute atomic E-state index is 0.0455. The fraction of sp³-hybridized carbons (Fsp3) is 0.765. The van der Waals surface area contributed by atoms with Crippen LogP contribution in [-0.4, -0.2) is 17.1 Å². The van der Waals surface area contributed by atoms with Crippen molar-refractivity contribution in [2.24, 2.45) is 7.05 Å². The Kier molecular flexibility index (Phi) is 9.58. The molecule has 0 aromatic carbocycles. The molecule has 0 amide bonds. The summed E-state index contributed by atoms with van der Waals surface area (Å²) in [6.07, 6.45) is 16.8. The van der Waals surface area contributed by atoms with Crippen molar-refractivity contribution in [2.75, 3.05) is 6.61 Å². The smallest absolute Gasteiger partial charge is 0.305 e. The predicted molar refractivity (Wildman–Crippen MR) is 83.8 cm³/mol. The SMILES string of the molecule is CCOC(=O)CCCCCCCCCCn1cc[n+](C)c1. The van der Waals surface area contributed by atoms with Gasteiger partial charge in [0.1, 0.15) is 12.4 Å². The van der Waals surface area contributed by atoms with Gasteiger partial charge in [0.2, 0.25) is 6.33 Å². The molecule has 0 atom stereocenters. The fourth-order valence-electron chi connectivity index (χ4n) is 2.49. The second-order valence-electron chi connectivity index (χ2n) is 5.70. The molecule has 21 heavy (non-hydrogen) atoms. The normalized spacial score (nSPS) is 10.8. The molecule has 4 heteroatoms. The summed E-state index contributed by atoms with van der Waals surface area (Å²) in [4.78, 5) is 11.1. The number of ether oxygens (including phenoxy) is 1. The van der Waals surface area contributed by atoms with Crippen molar-refractivity contribution in [2.45, 2.75) is 71.3 Å². The van der Waals surface area contributed by atoms with Gasteiger partial charge in [0.25, 0.3) is 0 Å². The summed E-state index contributed by atoms with van der Waals surface area (Å²) in [7, 11) is 2.05. The lowest BCUT2D eigenvalue weighted by atomic mass is 10.1. The number of nitrogens with zero attached hydrogens (tertiary/aromatic N) is 2. The molecule has 0 saturated heterocycles. The molecule has 0 radical (unpaired) electrons. The van der Waals surface area contributed by atoms with E-state index < -0.39 is 0 Å². The Morgan fingerprint density at radius 2 is 1.67 bits per heavy atom. The van der Waals surface area contributed by atoms with E-state index in [1.165, 1.54) is 38.5 Å². The van der Waals surface area contributed by atoms with E-state index in [2.05, 4.69) is 34.9 Å². The summed E-state index contributed by atoms with van der Waals surface area (Å²) in [6.45, 7) is 3.48. The highest BCUT2D eigenvalue weighted by molar-refractivity contribution is 5.69. The van der Waals surface area contributed by atoms with E-state index in [1.807, 2.05) is 6.92 Å². The molecule has 4 nitrogen and oxygen atoms in total. The maximum Gasteiger partial charge on any atom is 0.305 e. The summed E-state index contributed by atoms with van der Waals surface area (Å²) in [5.41, 5.74) is 0. The molecule has 1 aromatic heterocycles. The van der Waals surface area contributed by atoms with Gasteiger partial charge < -0.3 is 4.74 Å². The number of carbonyl (C=O) groups excluding carboxylic acids is 1. The van der Waals surface area contributed by atoms with Gasteiger partial charge in [-0.3, -0.25) is 4.79 Å². The van der Waals surface area contributed by atoms with Crippen LogP contribution in [0.5, 0.6) is 0 Å². The van der Waals surface area contributed by atoms with E-state index in [9.17, 15) is 4.79 Å². The number of esters is 1. The molecular weight excluding hydrogens is 264 g/mol. The topological polar surface area (TPSA) is 35.1 Å². The third kappa shape index (κ3) is 9.27. The van der Waals surface area contributed by atoms with E-state index in [4.69, 9.17) is 4.74 Å². The van der Waals surface area contributed by atoms with Gasteiger partial charge in [0.15, 0.2) is 0 Å². The van der Waals surface area contributed by atoms with Crippen LogP contribution in [0.15, 0.2) is 18.7 Å². The lowest BCUT2D eigenvalue weighted by molar-refractivity contribution is -0.671. The molecule has 0 aliphatic heterocycles. The van der Waals surface area contributed by atoms with Gasteiger partial charge >= 0.3 is 5.97 Å². The third-order valence-electron chi connectivity index (χ3n) is 3.68. The monoisotopic (exact) mass is 295 g/mol. The number of aryl methyl sites for hydroxylation is 2. The molecule has 0 fully saturated rings. The molecule has 0 spiro atoms. The van der Waals surface area contributed by atoms with E-state index in [1.54, 1.807) is 0 Å². The lowest BCUT2D eigenvalue weighted by Crippen LogP contribution is -2.23. The van der Waals surface area contributed by atoms with Gasteiger partial charge in [-0.05, 0) is 26.2 Å². The Balaban J connectivity index is 1.81. The van der Waals surface area contributed by atoms with E-state index >= 15 is 0 Å². The lowest BCUT2D eigenvalue weighted by Gasteiger charge is -2.02. The van der Waals surface area contributed by atoms with Crippen LogP contribution in [0.1, 0.15) is 64.7 Å². The van der Waals surface area contributed by atoms with Crippen LogP contribution < -0.4 is 4.57 Å². The molecule has 0 aliphatic carbocycles. The molecular formula is C17H31N2O2+. The summed E-state index contributed by atoms with van der Waals surface area (Å²) in [6, 6.07) is 0.